The van der Waals surface area contributed by atoms with E-state index in [-0.39, 0.29) is 29.8 Å². The summed E-state index contributed by atoms with van der Waals surface area (Å²) in [6.07, 6.45) is 0. The number of hydrogen-bond acceptors (Lipinski definition) is 2. The molecule has 1 rings (SSSR count). The number of carbonyl (C=O) groups is 1. The molecule has 0 aliphatic rings. The van der Waals surface area contributed by atoms with Crippen molar-refractivity contribution < 1.29 is 4.79 Å². The Labute approximate surface area is 128 Å². The molecule has 3 nitrogen and oxygen atoms in total. The Morgan fingerprint density at radius 3 is 2.25 bits per heavy atom. The van der Waals surface area contributed by atoms with E-state index >= 15 is 0 Å². The van der Waals surface area contributed by atoms with Crippen molar-refractivity contribution in [1.82, 2.24) is 5.32 Å². The number of nitrogens with one attached hydrogen (secondary N) is 1. The highest BCUT2D eigenvalue weighted by Crippen LogP contribution is 2.21. The van der Waals surface area contributed by atoms with Gasteiger partial charge in [0.15, 0.2) is 0 Å². The molecule has 0 radical (unpaired) electrons. The molecular formula is C16H27ClN2O. The molecule has 3 N–H and O–H groups in total. The van der Waals surface area contributed by atoms with Gasteiger partial charge in [0, 0.05) is 0 Å². The van der Waals surface area contributed by atoms with Gasteiger partial charge < -0.3 is 11.1 Å². The molecule has 1 amide bonds. The molecular weight excluding hydrogens is 272 g/mol. The predicted octanol–water partition coefficient (Wildman–Crippen LogP) is 3.28. The van der Waals surface area contributed by atoms with Crippen molar-refractivity contribution in [3.63, 3.8) is 0 Å². The lowest BCUT2D eigenvalue weighted by Crippen LogP contribution is -2.49. The van der Waals surface area contributed by atoms with Crippen molar-refractivity contribution in [3.05, 3.63) is 34.9 Å². The highest BCUT2D eigenvalue weighted by atomic mass is 35.5. The van der Waals surface area contributed by atoms with Crippen LogP contribution in [0.1, 0.15) is 50.4 Å². The highest BCUT2D eigenvalue weighted by Gasteiger charge is 2.28. The monoisotopic (exact) mass is 298 g/mol. The Hall–Kier alpha value is -1.06. The van der Waals surface area contributed by atoms with Crippen molar-refractivity contribution in [2.24, 2.45) is 11.1 Å². The lowest BCUT2D eigenvalue weighted by molar-refractivity contribution is -0.125. The Kier molecular flexibility index (Phi) is 6.72. The summed E-state index contributed by atoms with van der Waals surface area (Å²) in [7, 11) is 0. The molecule has 20 heavy (non-hydrogen) atoms. The molecule has 1 unspecified atom stereocenters. The summed E-state index contributed by atoms with van der Waals surface area (Å²) in [6, 6.07) is 5.73. The van der Waals surface area contributed by atoms with Gasteiger partial charge >= 0.3 is 0 Å². The molecule has 4 heteroatoms. The average Bonchev–Trinajstić information content (AvgIpc) is 2.26. The number of amides is 1. The van der Waals surface area contributed by atoms with Crippen LogP contribution < -0.4 is 11.1 Å². The van der Waals surface area contributed by atoms with Gasteiger partial charge in [-0.1, -0.05) is 44.5 Å². The normalized spacial score (nSPS) is 14.2. The van der Waals surface area contributed by atoms with Gasteiger partial charge in [-0.2, -0.15) is 0 Å². The van der Waals surface area contributed by atoms with E-state index in [1.54, 1.807) is 0 Å². The molecule has 0 aliphatic carbocycles. The summed E-state index contributed by atoms with van der Waals surface area (Å²) in [5.41, 5.74) is 9.30. The fourth-order valence-corrected chi connectivity index (χ4v) is 2.09. The van der Waals surface area contributed by atoms with E-state index in [0.29, 0.717) is 0 Å². The van der Waals surface area contributed by atoms with Gasteiger partial charge in [-0.25, -0.2) is 0 Å². The third kappa shape index (κ3) is 4.80. The van der Waals surface area contributed by atoms with E-state index in [2.05, 4.69) is 37.4 Å². The number of halogens is 1. The zero-order chi connectivity index (χ0) is 14.8. The van der Waals surface area contributed by atoms with E-state index < -0.39 is 6.04 Å². The van der Waals surface area contributed by atoms with Crippen LogP contribution in [0.15, 0.2) is 18.2 Å². The largest absolute Gasteiger partial charge is 0.348 e. The summed E-state index contributed by atoms with van der Waals surface area (Å²) < 4.78 is 0. The van der Waals surface area contributed by atoms with E-state index in [0.717, 1.165) is 5.56 Å². The Morgan fingerprint density at radius 1 is 1.25 bits per heavy atom. The van der Waals surface area contributed by atoms with Crippen LogP contribution in [-0.2, 0) is 4.79 Å². The molecule has 1 aromatic carbocycles. The first-order valence-corrected chi connectivity index (χ1v) is 6.76. The fraction of sp³-hybridized carbons (Fsp3) is 0.562. The summed E-state index contributed by atoms with van der Waals surface area (Å²) >= 11 is 0. The van der Waals surface area contributed by atoms with Crippen molar-refractivity contribution in [2.75, 3.05) is 0 Å². The van der Waals surface area contributed by atoms with Crippen LogP contribution in [0.25, 0.3) is 0 Å². The van der Waals surface area contributed by atoms with Crippen LogP contribution in [0.4, 0.5) is 0 Å². The molecule has 0 spiro atoms. The van der Waals surface area contributed by atoms with E-state index in [1.165, 1.54) is 11.1 Å². The van der Waals surface area contributed by atoms with Gasteiger partial charge in [0.1, 0.15) is 0 Å². The third-order valence-corrected chi connectivity index (χ3v) is 3.47. The maximum absolute atomic E-state index is 12.1. The molecule has 0 bridgehead atoms. The first kappa shape index (κ1) is 18.9. The molecule has 114 valence electrons. The zero-order valence-electron chi connectivity index (χ0n) is 13.3. The first-order valence-electron chi connectivity index (χ1n) is 6.76. The Bertz CT molecular complexity index is 466. The summed E-state index contributed by atoms with van der Waals surface area (Å²) in [5.74, 6) is -0.0972. The van der Waals surface area contributed by atoms with Crippen LogP contribution in [-0.4, -0.2) is 11.9 Å². The second kappa shape index (κ2) is 7.09. The van der Waals surface area contributed by atoms with Crippen molar-refractivity contribution in [3.8, 4) is 0 Å². The minimum Gasteiger partial charge on any atom is -0.348 e. The van der Waals surface area contributed by atoms with Gasteiger partial charge in [-0.05, 0) is 37.3 Å². The SMILES string of the molecule is Cc1ccc(C(C)NC(=O)[C@@H](N)C(C)(C)C)c(C)c1.Cl. The second-order valence-electron chi connectivity index (χ2n) is 6.43. The number of carbonyl (C=O) groups excluding carboxylic acids is 1. The molecule has 2 atom stereocenters. The number of benzene rings is 1. The maximum atomic E-state index is 12.1. The zero-order valence-corrected chi connectivity index (χ0v) is 14.1. The van der Waals surface area contributed by atoms with Gasteiger partial charge in [-0.15, -0.1) is 12.4 Å². The Balaban J connectivity index is 0.00000361. The minimum atomic E-state index is -0.499. The van der Waals surface area contributed by atoms with Crippen LogP contribution in [0.5, 0.6) is 0 Å². The number of nitrogens with two attached hydrogens (primary N) is 1. The van der Waals surface area contributed by atoms with Crippen LogP contribution in [0.3, 0.4) is 0 Å². The summed E-state index contributed by atoms with van der Waals surface area (Å²) in [4.78, 5) is 12.1. The van der Waals surface area contributed by atoms with Crippen LogP contribution in [0.2, 0.25) is 0 Å². The van der Waals surface area contributed by atoms with Gasteiger partial charge in [-0.3, -0.25) is 4.79 Å². The molecule has 0 fully saturated rings. The molecule has 0 aliphatic heterocycles. The second-order valence-corrected chi connectivity index (χ2v) is 6.43. The molecule has 1 aromatic rings. The predicted molar refractivity (Wildman–Crippen MR) is 87.2 cm³/mol. The van der Waals surface area contributed by atoms with Crippen LogP contribution >= 0.6 is 12.4 Å². The lowest BCUT2D eigenvalue weighted by atomic mass is 9.86. The minimum absolute atomic E-state index is 0. The highest BCUT2D eigenvalue weighted by molar-refractivity contribution is 5.85. The topological polar surface area (TPSA) is 55.1 Å². The van der Waals surface area contributed by atoms with Gasteiger partial charge in [0.2, 0.25) is 5.91 Å². The summed E-state index contributed by atoms with van der Waals surface area (Å²) in [5, 5.41) is 3.00. The van der Waals surface area contributed by atoms with Crippen molar-refractivity contribution in [2.45, 2.75) is 53.6 Å². The van der Waals surface area contributed by atoms with Gasteiger partial charge in [0.05, 0.1) is 12.1 Å². The lowest BCUT2D eigenvalue weighted by Gasteiger charge is -2.28. The first-order chi connectivity index (χ1) is 8.62. The van der Waals surface area contributed by atoms with Crippen molar-refractivity contribution in [1.29, 1.82) is 0 Å². The maximum Gasteiger partial charge on any atom is 0.237 e. The molecule has 0 heterocycles. The van der Waals surface area contributed by atoms with E-state index in [9.17, 15) is 4.79 Å². The molecule has 0 saturated heterocycles. The van der Waals surface area contributed by atoms with Gasteiger partial charge in [0.25, 0.3) is 0 Å². The molecule has 0 aromatic heterocycles. The number of rotatable bonds is 3. The molecule has 0 saturated carbocycles. The smallest absolute Gasteiger partial charge is 0.237 e. The quantitative estimate of drug-likeness (QED) is 0.900. The number of hydrogen-bond donors (Lipinski definition) is 2. The number of aryl methyl sites for hydroxylation is 2. The van der Waals surface area contributed by atoms with Crippen LogP contribution in [0, 0.1) is 19.3 Å². The summed E-state index contributed by atoms with van der Waals surface area (Å²) in [6.45, 7) is 12.0. The van der Waals surface area contributed by atoms with E-state index in [4.69, 9.17) is 5.73 Å². The Morgan fingerprint density at radius 2 is 1.80 bits per heavy atom. The fourth-order valence-electron chi connectivity index (χ4n) is 2.09. The van der Waals surface area contributed by atoms with E-state index in [1.807, 2.05) is 27.7 Å². The third-order valence-electron chi connectivity index (χ3n) is 3.47. The average molecular weight is 299 g/mol. The standard InChI is InChI=1S/C16H26N2O.ClH/c1-10-7-8-13(11(2)9-10)12(3)18-15(19)14(17)16(4,5)6;/h7-9,12,14H,17H2,1-6H3,(H,18,19);1H/t12?,14-;/m1./s1. The van der Waals surface area contributed by atoms with Crippen molar-refractivity contribution >= 4 is 18.3 Å².